The van der Waals surface area contributed by atoms with Gasteiger partial charge in [-0.25, -0.2) is 4.98 Å². The molecular formula is C11H14N2O2. The number of aromatic nitrogens is 1. The third-order valence-corrected chi connectivity index (χ3v) is 2.05. The van der Waals surface area contributed by atoms with Crippen molar-refractivity contribution in [2.75, 3.05) is 32.2 Å². The van der Waals surface area contributed by atoms with Gasteiger partial charge in [-0.15, -0.1) is 0 Å². The Bertz CT molecular complexity index is 339. The lowest BCUT2D eigenvalue weighted by atomic mass is 10.2. The molecule has 0 unspecified atom stereocenters. The van der Waals surface area contributed by atoms with Gasteiger partial charge in [-0.3, -0.25) is 4.79 Å². The van der Waals surface area contributed by atoms with Crippen molar-refractivity contribution in [2.45, 2.75) is 0 Å². The highest BCUT2D eigenvalue weighted by Gasteiger charge is 2.05. The van der Waals surface area contributed by atoms with E-state index in [0.29, 0.717) is 24.5 Å². The van der Waals surface area contributed by atoms with Crippen LogP contribution in [0.1, 0.15) is 10.4 Å². The van der Waals surface area contributed by atoms with Crippen molar-refractivity contribution in [2.24, 2.45) is 0 Å². The Morgan fingerprint density at radius 2 is 2.40 bits per heavy atom. The quantitative estimate of drug-likeness (QED) is 0.675. The van der Waals surface area contributed by atoms with Gasteiger partial charge < -0.3 is 9.64 Å². The SMILES string of the molecule is [CH]C(=O)c1ccnc(N(C)CCOC)c1. The van der Waals surface area contributed by atoms with Crippen LogP contribution >= 0.6 is 0 Å². The summed E-state index contributed by atoms with van der Waals surface area (Å²) < 4.78 is 4.95. The third kappa shape index (κ3) is 3.32. The number of hydrogen-bond donors (Lipinski definition) is 0. The standard InChI is InChI=1S/C11H14N2O2/c1-9(14)10-4-5-12-11(8-10)13(2)6-7-15-3/h1,4-5,8H,6-7H2,2-3H3. The number of carbonyl (C=O) groups excluding carboxylic acids is 1. The van der Waals surface area contributed by atoms with E-state index in [9.17, 15) is 4.79 Å². The van der Waals surface area contributed by atoms with E-state index < -0.39 is 5.78 Å². The predicted octanol–water partition coefficient (Wildman–Crippen LogP) is 1.06. The van der Waals surface area contributed by atoms with E-state index in [2.05, 4.69) is 4.98 Å². The molecule has 4 nitrogen and oxygen atoms in total. The minimum absolute atomic E-state index is 0.446. The highest BCUT2D eigenvalue weighted by molar-refractivity contribution is 5.99. The second-order valence-corrected chi connectivity index (χ2v) is 3.18. The van der Waals surface area contributed by atoms with Crippen molar-refractivity contribution in [3.8, 4) is 0 Å². The van der Waals surface area contributed by atoms with E-state index in [-0.39, 0.29) is 0 Å². The molecule has 0 aliphatic carbocycles. The second kappa shape index (κ2) is 5.46. The van der Waals surface area contributed by atoms with Gasteiger partial charge in [0.1, 0.15) is 5.82 Å². The van der Waals surface area contributed by atoms with E-state index in [1.54, 1.807) is 25.4 Å². The van der Waals surface area contributed by atoms with Gasteiger partial charge in [0.25, 0.3) is 0 Å². The van der Waals surface area contributed by atoms with Crippen molar-refractivity contribution in [3.05, 3.63) is 30.8 Å². The zero-order valence-corrected chi connectivity index (χ0v) is 8.93. The Morgan fingerprint density at radius 3 is 3.00 bits per heavy atom. The second-order valence-electron chi connectivity index (χ2n) is 3.18. The van der Waals surface area contributed by atoms with Crippen LogP contribution in [0.5, 0.6) is 0 Å². The van der Waals surface area contributed by atoms with Crippen LogP contribution in [0.15, 0.2) is 18.3 Å². The lowest BCUT2D eigenvalue weighted by molar-refractivity contribution is 0.104. The zero-order chi connectivity index (χ0) is 11.3. The van der Waals surface area contributed by atoms with Crippen molar-refractivity contribution in [3.63, 3.8) is 0 Å². The van der Waals surface area contributed by atoms with Crippen LogP contribution in [0.2, 0.25) is 0 Å². The third-order valence-electron chi connectivity index (χ3n) is 2.05. The highest BCUT2D eigenvalue weighted by Crippen LogP contribution is 2.10. The molecule has 0 bridgehead atoms. The number of methoxy groups -OCH3 is 1. The Morgan fingerprint density at radius 1 is 1.67 bits per heavy atom. The smallest absolute Gasteiger partial charge is 0.167 e. The number of pyridine rings is 1. The zero-order valence-electron chi connectivity index (χ0n) is 8.93. The van der Waals surface area contributed by atoms with Crippen LogP contribution in [0.4, 0.5) is 5.82 Å². The molecule has 2 radical (unpaired) electrons. The summed E-state index contributed by atoms with van der Waals surface area (Å²) in [5, 5.41) is 0. The molecule has 15 heavy (non-hydrogen) atoms. The molecule has 1 aromatic heterocycles. The molecule has 0 aliphatic heterocycles. The van der Waals surface area contributed by atoms with E-state index in [0.717, 1.165) is 0 Å². The monoisotopic (exact) mass is 206 g/mol. The number of hydrogen-bond acceptors (Lipinski definition) is 4. The average Bonchev–Trinajstić information content (AvgIpc) is 2.26. The van der Waals surface area contributed by atoms with Gasteiger partial charge in [0.2, 0.25) is 0 Å². The molecule has 0 aromatic carbocycles. The fraction of sp³-hybridized carbons (Fsp3) is 0.364. The minimum atomic E-state index is -0.446. The number of ketones is 1. The summed E-state index contributed by atoms with van der Waals surface area (Å²) in [6.07, 6.45) is 1.57. The van der Waals surface area contributed by atoms with Crippen LogP contribution < -0.4 is 4.90 Å². The topological polar surface area (TPSA) is 42.4 Å². The van der Waals surface area contributed by atoms with Gasteiger partial charge in [0, 0.05) is 39.4 Å². The van der Waals surface area contributed by atoms with Crippen LogP contribution in [0.25, 0.3) is 0 Å². The van der Waals surface area contributed by atoms with Gasteiger partial charge in [-0.05, 0) is 12.1 Å². The number of ether oxygens (including phenoxy) is 1. The summed E-state index contributed by atoms with van der Waals surface area (Å²) in [5.41, 5.74) is 0.462. The molecular weight excluding hydrogens is 192 g/mol. The van der Waals surface area contributed by atoms with E-state index in [1.807, 2.05) is 11.9 Å². The summed E-state index contributed by atoms with van der Waals surface area (Å²) >= 11 is 0. The maximum absolute atomic E-state index is 10.9. The molecule has 0 N–H and O–H groups in total. The summed E-state index contributed by atoms with van der Waals surface area (Å²) in [5.74, 6) is 0.266. The molecule has 80 valence electrons. The first-order valence-electron chi connectivity index (χ1n) is 4.61. The summed E-state index contributed by atoms with van der Waals surface area (Å²) in [4.78, 5) is 17.0. The van der Waals surface area contributed by atoms with Crippen LogP contribution in [-0.4, -0.2) is 38.1 Å². The molecule has 0 aliphatic rings. The van der Waals surface area contributed by atoms with Crippen molar-refractivity contribution in [1.29, 1.82) is 0 Å². The summed E-state index contributed by atoms with van der Waals surface area (Å²) in [7, 11) is 3.52. The molecule has 1 heterocycles. The number of carbonyl (C=O) groups is 1. The Balaban J connectivity index is 2.76. The summed E-state index contributed by atoms with van der Waals surface area (Å²) in [6.45, 7) is 6.50. The fourth-order valence-corrected chi connectivity index (χ4v) is 1.12. The van der Waals surface area contributed by atoms with Gasteiger partial charge in [-0.2, -0.15) is 0 Å². The normalized spacial score (nSPS) is 10.1. The van der Waals surface area contributed by atoms with Crippen LogP contribution in [0, 0.1) is 6.92 Å². The Hall–Kier alpha value is -1.42. The Kier molecular flexibility index (Phi) is 4.24. The van der Waals surface area contributed by atoms with E-state index >= 15 is 0 Å². The molecule has 1 rings (SSSR count). The van der Waals surface area contributed by atoms with E-state index in [1.165, 1.54) is 0 Å². The lowest BCUT2D eigenvalue weighted by Gasteiger charge is -2.17. The van der Waals surface area contributed by atoms with Crippen LogP contribution in [-0.2, 0) is 4.74 Å². The summed E-state index contributed by atoms with van der Waals surface area (Å²) in [6, 6.07) is 3.26. The first-order chi connectivity index (χ1) is 7.15. The van der Waals surface area contributed by atoms with Gasteiger partial charge in [0.05, 0.1) is 6.61 Å². The Labute approximate surface area is 89.9 Å². The molecule has 0 saturated heterocycles. The largest absolute Gasteiger partial charge is 0.383 e. The van der Waals surface area contributed by atoms with E-state index in [4.69, 9.17) is 11.7 Å². The van der Waals surface area contributed by atoms with Crippen molar-refractivity contribution >= 4 is 11.6 Å². The average molecular weight is 206 g/mol. The molecule has 4 heteroatoms. The number of nitrogens with zero attached hydrogens (tertiary/aromatic N) is 2. The van der Waals surface area contributed by atoms with Crippen molar-refractivity contribution in [1.82, 2.24) is 4.98 Å². The lowest BCUT2D eigenvalue weighted by Crippen LogP contribution is -2.23. The van der Waals surface area contributed by atoms with Gasteiger partial charge in [0.15, 0.2) is 5.78 Å². The number of anilines is 1. The predicted molar refractivity (Wildman–Crippen MR) is 58.0 cm³/mol. The molecule has 0 saturated carbocycles. The first kappa shape index (κ1) is 11.7. The maximum Gasteiger partial charge on any atom is 0.167 e. The highest BCUT2D eigenvalue weighted by atomic mass is 16.5. The minimum Gasteiger partial charge on any atom is -0.383 e. The van der Waals surface area contributed by atoms with Gasteiger partial charge in [-0.1, -0.05) is 0 Å². The number of Topliss-reactive ketones (excluding diaryl/α,β-unsaturated/α-hetero) is 1. The fourth-order valence-electron chi connectivity index (χ4n) is 1.12. The molecule has 0 amide bonds. The van der Waals surface area contributed by atoms with Gasteiger partial charge >= 0.3 is 0 Å². The maximum atomic E-state index is 10.9. The number of likely N-dealkylation sites (N-methyl/N-ethyl adjacent to an activating group) is 1. The van der Waals surface area contributed by atoms with Crippen molar-refractivity contribution < 1.29 is 9.53 Å². The molecule has 0 atom stereocenters. The first-order valence-corrected chi connectivity index (χ1v) is 4.61. The number of rotatable bonds is 5. The molecule has 1 aromatic rings. The molecule has 0 fully saturated rings. The van der Waals surface area contributed by atoms with Crippen LogP contribution in [0.3, 0.4) is 0 Å². The molecule has 0 spiro atoms.